The Labute approximate surface area is 332 Å². The average molecular weight is 819 g/mol. The SMILES string of the molecule is CN(CC(=O)O)C(=O)O[C@@H]1/C=C/CC[C@](C)(C(=O)ON2C(=O)CCC2=O)CC1.C[C@]1(C(=O)ON2C(=O)CCC2=O)CC/C=C/[C@@H](OC(=O)ON2C(=O)CCC2=O)CC1. The predicted octanol–water partition coefficient (Wildman–Crippen LogP) is 2.57. The zero-order valence-corrected chi connectivity index (χ0v) is 32.3. The fourth-order valence-corrected chi connectivity index (χ4v) is 6.33. The monoisotopic (exact) mass is 818 g/mol. The average Bonchev–Trinajstić information content (AvgIpc) is 3.77. The number of hydroxylamine groups is 6. The molecule has 7 amide bonds. The first-order chi connectivity index (χ1) is 27.3. The summed E-state index contributed by atoms with van der Waals surface area (Å²) in [6.07, 6.45) is 6.33. The third-order valence-corrected chi connectivity index (χ3v) is 10.1. The van der Waals surface area contributed by atoms with Crippen LogP contribution in [0.15, 0.2) is 24.3 Å². The number of imide groups is 3. The van der Waals surface area contributed by atoms with Gasteiger partial charge in [-0.15, -0.1) is 10.1 Å². The molecule has 5 rings (SSSR count). The molecular formula is C37H46N4O17. The van der Waals surface area contributed by atoms with E-state index < -0.39 is 95.2 Å². The van der Waals surface area contributed by atoms with E-state index in [-0.39, 0.29) is 51.4 Å². The summed E-state index contributed by atoms with van der Waals surface area (Å²) in [5.74, 6) is -5.99. The number of hydrogen-bond donors (Lipinski definition) is 1. The zero-order valence-electron chi connectivity index (χ0n) is 32.3. The molecule has 2 aliphatic carbocycles. The van der Waals surface area contributed by atoms with Crippen LogP contribution in [0.4, 0.5) is 9.59 Å². The van der Waals surface area contributed by atoms with Gasteiger partial charge in [-0.3, -0.25) is 38.4 Å². The van der Waals surface area contributed by atoms with Gasteiger partial charge in [0.25, 0.3) is 35.4 Å². The van der Waals surface area contributed by atoms with Crippen LogP contribution in [0.5, 0.6) is 0 Å². The highest BCUT2D eigenvalue weighted by molar-refractivity contribution is 6.03. The Morgan fingerprint density at radius 2 is 0.983 bits per heavy atom. The first-order valence-corrected chi connectivity index (χ1v) is 18.7. The number of rotatable bonds is 9. The number of hydrogen-bond acceptors (Lipinski definition) is 16. The number of likely N-dealkylation sites (N-methyl/N-ethyl adjacent to an activating group) is 1. The molecule has 1 N–H and O–H groups in total. The van der Waals surface area contributed by atoms with Gasteiger partial charge in [0.05, 0.1) is 10.8 Å². The maximum Gasteiger partial charge on any atom is 0.534 e. The van der Waals surface area contributed by atoms with Crippen LogP contribution in [0.25, 0.3) is 0 Å². The van der Waals surface area contributed by atoms with Crippen molar-refractivity contribution in [3.05, 3.63) is 24.3 Å². The summed E-state index contributed by atoms with van der Waals surface area (Å²) < 4.78 is 10.5. The first-order valence-electron chi connectivity index (χ1n) is 18.7. The molecule has 3 fully saturated rings. The minimum atomic E-state index is -1.20. The molecule has 3 saturated heterocycles. The van der Waals surface area contributed by atoms with Gasteiger partial charge in [-0.25, -0.2) is 19.2 Å². The van der Waals surface area contributed by atoms with Crippen LogP contribution in [0.2, 0.25) is 0 Å². The fraction of sp³-hybridized carbons (Fsp3) is 0.595. The van der Waals surface area contributed by atoms with Crippen LogP contribution >= 0.6 is 0 Å². The van der Waals surface area contributed by atoms with Crippen molar-refractivity contribution in [1.82, 2.24) is 20.1 Å². The van der Waals surface area contributed by atoms with E-state index in [1.165, 1.54) is 7.05 Å². The highest BCUT2D eigenvalue weighted by Gasteiger charge is 2.43. The van der Waals surface area contributed by atoms with E-state index in [0.29, 0.717) is 53.7 Å². The van der Waals surface area contributed by atoms with Gasteiger partial charge in [-0.2, -0.15) is 0 Å². The van der Waals surface area contributed by atoms with Gasteiger partial charge >= 0.3 is 30.2 Å². The molecule has 0 unspecified atom stereocenters. The lowest BCUT2D eigenvalue weighted by molar-refractivity contribution is -0.205. The van der Waals surface area contributed by atoms with Crippen molar-refractivity contribution in [2.45, 2.75) is 116 Å². The molecule has 0 aromatic heterocycles. The molecule has 21 heteroatoms. The molecule has 58 heavy (non-hydrogen) atoms. The molecule has 5 aliphatic rings. The summed E-state index contributed by atoms with van der Waals surface area (Å²) in [5.41, 5.74) is -1.98. The van der Waals surface area contributed by atoms with Crippen molar-refractivity contribution in [2.24, 2.45) is 10.8 Å². The number of carboxylic acid groups (broad SMARTS) is 1. The molecule has 3 aliphatic heterocycles. The molecule has 4 atom stereocenters. The quantitative estimate of drug-likeness (QED) is 0.199. The second kappa shape index (κ2) is 19.3. The van der Waals surface area contributed by atoms with E-state index in [9.17, 15) is 52.7 Å². The minimum absolute atomic E-state index is 0.00557. The van der Waals surface area contributed by atoms with Crippen LogP contribution in [0.3, 0.4) is 0 Å². The lowest BCUT2D eigenvalue weighted by atomic mass is 9.79. The number of amides is 7. The lowest BCUT2D eigenvalue weighted by Gasteiger charge is -2.31. The molecule has 0 spiro atoms. The summed E-state index contributed by atoms with van der Waals surface area (Å²) in [6, 6.07) is 0. The topological polar surface area (TPSA) is 267 Å². The van der Waals surface area contributed by atoms with E-state index in [4.69, 9.17) is 24.3 Å². The lowest BCUT2D eigenvalue weighted by Crippen LogP contribution is -2.40. The maximum atomic E-state index is 12.7. The summed E-state index contributed by atoms with van der Waals surface area (Å²) in [7, 11) is 1.31. The minimum Gasteiger partial charge on any atom is -0.480 e. The number of allylic oxidation sites excluding steroid dienone is 2. The van der Waals surface area contributed by atoms with E-state index in [1.54, 1.807) is 38.2 Å². The summed E-state index contributed by atoms with van der Waals surface area (Å²) >= 11 is 0. The Morgan fingerprint density at radius 3 is 1.36 bits per heavy atom. The van der Waals surface area contributed by atoms with Crippen LogP contribution in [-0.2, 0) is 67.1 Å². The van der Waals surface area contributed by atoms with Gasteiger partial charge in [-0.1, -0.05) is 17.2 Å². The molecule has 21 nitrogen and oxygen atoms in total. The van der Waals surface area contributed by atoms with Crippen LogP contribution in [0, 0.1) is 10.8 Å². The number of carbonyl (C=O) groups is 11. The van der Waals surface area contributed by atoms with Crippen molar-refractivity contribution in [3.63, 3.8) is 0 Å². The number of carbonyl (C=O) groups excluding carboxylic acids is 10. The van der Waals surface area contributed by atoms with Crippen molar-refractivity contribution in [2.75, 3.05) is 13.6 Å². The normalized spacial score (nSPS) is 27.3. The molecular weight excluding hydrogens is 772 g/mol. The Balaban J connectivity index is 0.000000257. The van der Waals surface area contributed by atoms with Crippen LogP contribution < -0.4 is 0 Å². The largest absolute Gasteiger partial charge is 0.534 e. The fourth-order valence-electron chi connectivity index (χ4n) is 6.33. The van der Waals surface area contributed by atoms with Gasteiger partial charge in [-0.05, 0) is 77.4 Å². The molecule has 0 aromatic rings. The standard InChI is InChI=1S/C19H22N2O9.C18H24N2O8/c1-19(17(26)29-20-13(22)5-6-14(20)23)10-3-2-4-12(9-11-19)28-18(27)30-21-15(24)7-8-16(21)25;1-18(16(25)28-20-13(21)6-7-14(20)22)9-4-3-5-12(8-10-18)27-17(26)19(2)11-15(23)24/h2,4,12H,3,5-11H2,1H3;3,5,12H,4,6-11H2,1-2H3,(H,23,24)/b4-2+;5-3+/t12-,19+;12-,18+/m11/s1. The van der Waals surface area contributed by atoms with Crippen molar-refractivity contribution >= 4 is 65.6 Å². The summed E-state index contributed by atoms with van der Waals surface area (Å²) in [5, 5.41) is 10.2. The third kappa shape index (κ3) is 11.7. The number of aliphatic carboxylic acids is 1. The summed E-state index contributed by atoms with van der Waals surface area (Å²) in [6.45, 7) is 2.84. The van der Waals surface area contributed by atoms with Gasteiger partial charge in [0, 0.05) is 45.6 Å². The highest BCUT2D eigenvalue weighted by atomic mass is 16.8. The third-order valence-electron chi connectivity index (χ3n) is 10.1. The number of nitrogens with zero attached hydrogens (tertiary/aromatic N) is 4. The van der Waals surface area contributed by atoms with E-state index in [2.05, 4.69) is 4.84 Å². The molecule has 0 bridgehead atoms. The predicted molar refractivity (Wildman–Crippen MR) is 189 cm³/mol. The van der Waals surface area contributed by atoms with Crippen molar-refractivity contribution < 1.29 is 81.8 Å². The Kier molecular flexibility index (Phi) is 14.9. The van der Waals surface area contributed by atoms with Crippen LogP contribution in [-0.4, -0.2) is 117 Å². The van der Waals surface area contributed by atoms with Gasteiger partial charge in [0.2, 0.25) is 0 Å². The second-order valence-electron chi connectivity index (χ2n) is 14.8. The maximum absolute atomic E-state index is 12.7. The smallest absolute Gasteiger partial charge is 0.480 e. The van der Waals surface area contributed by atoms with E-state index >= 15 is 0 Å². The van der Waals surface area contributed by atoms with E-state index in [0.717, 1.165) is 4.90 Å². The Morgan fingerprint density at radius 1 is 0.621 bits per heavy atom. The summed E-state index contributed by atoms with van der Waals surface area (Å²) in [4.78, 5) is 145. The molecule has 3 heterocycles. The van der Waals surface area contributed by atoms with Gasteiger partial charge in [0.1, 0.15) is 18.8 Å². The Hall–Kier alpha value is -6.15. The number of ether oxygens (including phenoxy) is 2. The molecule has 0 radical (unpaired) electrons. The van der Waals surface area contributed by atoms with Crippen molar-refractivity contribution in [3.8, 4) is 0 Å². The zero-order chi connectivity index (χ0) is 42.8. The van der Waals surface area contributed by atoms with Crippen LogP contribution in [0.1, 0.15) is 104 Å². The number of carboxylic acids is 1. The van der Waals surface area contributed by atoms with Gasteiger partial charge in [0.15, 0.2) is 0 Å². The first kappa shape index (κ1) is 44.6. The Bertz CT molecular complexity index is 1730. The molecule has 316 valence electrons. The molecule has 0 aromatic carbocycles. The van der Waals surface area contributed by atoms with Crippen molar-refractivity contribution in [1.29, 1.82) is 0 Å². The highest BCUT2D eigenvalue weighted by Crippen LogP contribution is 2.36. The second-order valence-corrected chi connectivity index (χ2v) is 14.8. The van der Waals surface area contributed by atoms with Gasteiger partial charge < -0.3 is 29.2 Å². The molecule has 0 saturated carbocycles. The van der Waals surface area contributed by atoms with E-state index in [1.807, 2.05) is 0 Å².